The Labute approximate surface area is 129 Å². The van der Waals surface area contributed by atoms with E-state index in [4.69, 9.17) is 4.74 Å². The van der Waals surface area contributed by atoms with Crippen molar-refractivity contribution in [1.29, 1.82) is 0 Å². The van der Waals surface area contributed by atoms with Crippen LogP contribution in [0.3, 0.4) is 0 Å². The smallest absolute Gasteiger partial charge is 0.270 e. The Bertz CT molecular complexity index is 658. The van der Waals surface area contributed by atoms with Crippen molar-refractivity contribution < 1.29 is 9.53 Å². The molecule has 2 N–H and O–H groups in total. The van der Waals surface area contributed by atoms with Gasteiger partial charge in [-0.2, -0.15) is 0 Å². The van der Waals surface area contributed by atoms with Crippen LogP contribution in [0.15, 0.2) is 30.3 Å². The highest BCUT2D eigenvalue weighted by Gasteiger charge is 2.10. The van der Waals surface area contributed by atoms with E-state index in [0.29, 0.717) is 18.2 Å². The summed E-state index contributed by atoms with van der Waals surface area (Å²) in [6.45, 7) is 4.46. The molecule has 0 atom stereocenters. The van der Waals surface area contributed by atoms with Crippen LogP contribution < -0.4 is 15.4 Å². The Morgan fingerprint density at radius 1 is 1.27 bits per heavy atom. The number of hydrogen-bond donors (Lipinski definition) is 2. The zero-order chi connectivity index (χ0) is 15.9. The SMILES string of the molecule is CCCNC(=O)c1cc(C)nc(Nc2cccc(OC)c2)n1. The number of hydrogen-bond acceptors (Lipinski definition) is 5. The molecule has 2 aromatic rings. The molecule has 116 valence electrons. The van der Waals surface area contributed by atoms with Crippen LogP contribution in [0.1, 0.15) is 29.5 Å². The van der Waals surface area contributed by atoms with Crippen molar-refractivity contribution in [2.45, 2.75) is 20.3 Å². The molecule has 0 aliphatic heterocycles. The van der Waals surface area contributed by atoms with E-state index in [0.717, 1.165) is 23.6 Å². The van der Waals surface area contributed by atoms with Crippen LogP contribution in [-0.2, 0) is 0 Å². The minimum atomic E-state index is -0.193. The Morgan fingerprint density at radius 3 is 2.82 bits per heavy atom. The van der Waals surface area contributed by atoms with Gasteiger partial charge in [0.15, 0.2) is 0 Å². The van der Waals surface area contributed by atoms with Gasteiger partial charge in [-0.1, -0.05) is 13.0 Å². The number of amides is 1. The lowest BCUT2D eigenvalue weighted by Crippen LogP contribution is -2.25. The van der Waals surface area contributed by atoms with Crippen LogP contribution in [0.25, 0.3) is 0 Å². The Kier molecular flexibility index (Phi) is 5.30. The zero-order valence-electron chi connectivity index (χ0n) is 13.0. The van der Waals surface area contributed by atoms with E-state index in [-0.39, 0.29) is 5.91 Å². The number of nitrogens with one attached hydrogen (secondary N) is 2. The van der Waals surface area contributed by atoms with Crippen LogP contribution in [0.5, 0.6) is 5.75 Å². The van der Waals surface area contributed by atoms with Crippen molar-refractivity contribution in [3.63, 3.8) is 0 Å². The molecule has 6 nitrogen and oxygen atoms in total. The minimum absolute atomic E-state index is 0.193. The molecule has 6 heteroatoms. The molecule has 0 saturated carbocycles. The predicted octanol–water partition coefficient (Wildman–Crippen LogP) is 2.68. The first-order valence-corrected chi connectivity index (χ1v) is 7.17. The standard InChI is InChI=1S/C16H20N4O2/c1-4-8-17-15(21)14-9-11(2)18-16(20-14)19-12-6-5-7-13(10-12)22-3/h5-7,9-10H,4,8H2,1-3H3,(H,17,21)(H,18,19,20). The number of ether oxygens (including phenoxy) is 1. The number of anilines is 2. The van der Waals surface area contributed by atoms with E-state index in [2.05, 4.69) is 20.6 Å². The summed E-state index contributed by atoms with van der Waals surface area (Å²) in [6.07, 6.45) is 0.880. The normalized spacial score (nSPS) is 10.1. The summed E-state index contributed by atoms with van der Waals surface area (Å²) in [5.41, 5.74) is 1.87. The third kappa shape index (κ3) is 4.18. The molecule has 22 heavy (non-hydrogen) atoms. The first-order valence-electron chi connectivity index (χ1n) is 7.17. The quantitative estimate of drug-likeness (QED) is 0.857. The third-order valence-corrected chi connectivity index (χ3v) is 2.95. The van der Waals surface area contributed by atoms with Crippen LogP contribution >= 0.6 is 0 Å². The van der Waals surface area contributed by atoms with Crippen molar-refractivity contribution in [3.8, 4) is 5.75 Å². The molecule has 1 aromatic heterocycles. The molecule has 2 rings (SSSR count). The van der Waals surface area contributed by atoms with Gasteiger partial charge in [0.25, 0.3) is 5.91 Å². The summed E-state index contributed by atoms with van der Waals surface area (Å²) in [5.74, 6) is 0.925. The minimum Gasteiger partial charge on any atom is -0.497 e. The zero-order valence-corrected chi connectivity index (χ0v) is 13.0. The molecular weight excluding hydrogens is 280 g/mol. The number of carbonyl (C=O) groups excluding carboxylic acids is 1. The van der Waals surface area contributed by atoms with Gasteiger partial charge >= 0.3 is 0 Å². The van der Waals surface area contributed by atoms with Gasteiger partial charge in [-0.25, -0.2) is 9.97 Å². The number of aromatic nitrogens is 2. The van der Waals surface area contributed by atoms with Crippen molar-refractivity contribution in [1.82, 2.24) is 15.3 Å². The van der Waals surface area contributed by atoms with E-state index in [1.165, 1.54) is 0 Å². The van der Waals surface area contributed by atoms with E-state index in [1.807, 2.05) is 38.1 Å². The number of methoxy groups -OCH3 is 1. The molecule has 1 amide bonds. The molecule has 0 aliphatic carbocycles. The Morgan fingerprint density at radius 2 is 2.09 bits per heavy atom. The first kappa shape index (κ1) is 15.8. The van der Waals surface area contributed by atoms with Gasteiger partial charge in [-0.3, -0.25) is 4.79 Å². The molecular formula is C16H20N4O2. The fourth-order valence-electron chi connectivity index (χ4n) is 1.90. The van der Waals surface area contributed by atoms with Gasteiger partial charge in [0, 0.05) is 24.0 Å². The summed E-state index contributed by atoms with van der Waals surface area (Å²) in [5, 5.41) is 5.90. The second-order valence-corrected chi connectivity index (χ2v) is 4.83. The molecule has 1 aromatic carbocycles. The Balaban J connectivity index is 2.20. The summed E-state index contributed by atoms with van der Waals surface area (Å²) in [6, 6.07) is 9.10. The highest BCUT2D eigenvalue weighted by atomic mass is 16.5. The summed E-state index contributed by atoms with van der Waals surface area (Å²) >= 11 is 0. The average molecular weight is 300 g/mol. The van der Waals surface area contributed by atoms with Crippen LogP contribution in [0.2, 0.25) is 0 Å². The molecule has 0 aliphatic rings. The first-order chi connectivity index (χ1) is 10.6. The molecule has 0 radical (unpaired) electrons. The lowest BCUT2D eigenvalue weighted by atomic mass is 10.3. The average Bonchev–Trinajstić information content (AvgIpc) is 2.52. The monoisotopic (exact) mass is 300 g/mol. The highest BCUT2D eigenvalue weighted by Crippen LogP contribution is 2.19. The maximum absolute atomic E-state index is 12.0. The number of nitrogens with zero attached hydrogens (tertiary/aromatic N) is 2. The molecule has 0 unspecified atom stereocenters. The second kappa shape index (κ2) is 7.40. The maximum atomic E-state index is 12.0. The number of benzene rings is 1. The molecule has 1 heterocycles. The number of aryl methyl sites for hydroxylation is 1. The van der Waals surface area contributed by atoms with Crippen molar-refractivity contribution >= 4 is 17.5 Å². The van der Waals surface area contributed by atoms with Gasteiger partial charge in [0.2, 0.25) is 5.95 Å². The van der Waals surface area contributed by atoms with Gasteiger partial charge < -0.3 is 15.4 Å². The fraction of sp³-hybridized carbons (Fsp3) is 0.312. The van der Waals surface area contributed by atoms with E-state index >= 15 is 0 Å². The van der Waals surface area contributed by atoms with Crippen molar-refractivity contribution in [3.05, 3.63) is 41.7 Å². The number of rotatable bonds is 6. The van der Waals surface area contributed by atoms with Gasteiger partial charge in [0.05, 0.1) is 7.11 Å². The molecule has 0 fully saturated rings. The largest absolute Gasteiger partial charge is 0.497 e. The highest BCUT2D eigenvalue weighted by molar-refractivity contribution is 5.92. The second-order valence-electron chi connectivity index (χ2n) is 4.83. The molecule has 0 saturated heterocycles. The third-order valence-electron chi connectivity index (χ3n) is 2.95. The van der Waals surface area contributed by atoms with E-state index < -0.39 is 0 Å². The Hall–Kier alpha value is -2.63. The molecule has 0 bridgehead atoms. The van der Waals surface area contributed by atoms with Crippen LogP contribution in [0.4, 0.5) is 11.6 Å². The summed E-state index contributed by atoms with van der Waals surface area (Å²) < 4.78 is 5.18. The summed E-state index contributed by atoms with van der Waals surface area (Å²) in [7, 11) is 1.61. The van der Waals surface area contributed by atoms with Gasteiger partial charge in [0.1, 0.15) is 11.4 Å². The van der Waals surface area contributed by atoms with E-state index in [1.54, 1.807) is 13.2 Å². The van der Waals surface area contributed by atoms with Crippen molar-refractivity contribution in [2.24, 2.45) is 0 Å². The lowest BCUT2D eigenvalue weighted by molar-refractivity contribution is 0.0948. The van der Waals surface area contributed by atoms with Crippen LogP contribution in [0, 0.1) is 6.92 Å². The predicted molar refractivity (Wildman–Crippen MR) is 85.7 cm³/mol. The maximum Gasteiger partial charge on any atom is 0.270 e. The van der Waals surface area contributed by atoms with Gasteiger partial charge in [-0.15, -0.1) is 0 Å². The lowest BCUT2D eigenvalue weighted by Gasteiger charge is -2.09. The van der Waals surface area contributed by atoms with Gasteiger partial charge in [-0.05, 0) is 31.5 Å². The van der Waals surface area contributed by atoms with E-state index in [9.17, 15) is 4.79 Å². The fourth-order valence-corrected chi connectivity index (χ4v) is 1.90. The van der Waals surface area contributed by atoms with Crippen LogP contribution in [-0.4, -0.2) is 29.5 Å². The molecule has 0 spiro atoms. The number of carbonyl (C=O) groups is 1. The summed E-state index contributed by atoms with van der Waals surface area (Å²) in [4.78, 5) is 20.6. The van der Waals surface area contributed by atoms with Crippen molar-refractivity contribution in [2.75, 3.05) is 19.0 Å². The topological polar surface area (TPSA) is 76.1 Å².